The predicted molar refractivity (Wildman–Crippen MR) is 71.2 cm³/mol. The van der Waals surface area contributed by atoms with Crippen LogP contribution in [0.3, 0.4) is 0 Å². The summed E-state index contributed by atoms with van der Waals surface area (Å²) >= 11 is 0. The second-order valence-electron chi connectivity index (χ2n) is 4.75. The number of aromatic hydroxyl groups is 1. The Labute approximate surface area is 106 Å². The summed E-state index contributed by atoms with van der Waals surface area (Å²) in [4.78, 5) is 4.65. The lowest BCUT2D eigenvalue weighted by Gasteiger charge is -2.21. The van der Waals surface area contributed by atoms with Gasteiger partial charge in [-0.2, -0.15) is 0 Å². The van der Waals surface area contributed by atoms with E-state index in [1.54, 1.807) is 6.07 Å². The monoisotopic (exact) mass is 240 g/mol. The standard InChI is InChI=1S/C15H16N2O/c16-12-5-3-6-13-10(12)8-9-14(17-13)11-4-1-2-7-15(11)18/h1-2,4,7-9,12,18H,3,5-6,16H2. The first kappa shape index (κ1) is 11.2. The fourth-order valence-corrected chi connectivity index (χ4v) is 2.54. The molecule has 0 saturated heterocycles. The highest BCUT2D eigenvalue weighted by molar-refractivity contribution is 5.67. The predicted octanol–water partition coefficient (Wildman–Crippen LogP) is 2.79. The lowest BCUT2D eigenvalue weighted by molar-refractivity contribution is 0.477. The Morgan fingerprint density at radius 3 is 2.83 bits per heavy atom. The molecular weight excluding hydrogens is 224 g/mol. The number of benzene rings is 1. The van der Waals surface area contributed by atoms with Gasteiger partial charge in [-0.25, -0.2) is 0 Å². The van der Waals surface area contributed by atoms with E-state index in [2.05, 4.69) is 4.98 Å². The van der Waals surface area contributed by atoms with Crippen LogP contribution in [0, 0.1) is 0 Å². The molecule has 2 aromatic rings. The van der Waals surface area contributed by atoms with Crippen LogP contribution in [0.1, 0.15) is 30.1 Å². The average molecular weight is 240 g/mol. The Morgan fingerprint density at radius 2 is 2.00 bits per heavy atom. The van der Waals surface area contributed by atoms with Crippen LogP contribution in [0.25, 0.3) is 11.3 Å². The summed E-state index contributed by atoms with van der Waals surface area (Å²) in [5.74, 6) is 0.269. The number of nitrogens with zero attached hydrogens (tertiary/aromatic N) is 1. The second kappa shape index (κ2) is 4.42. The number of aromatic nitrogens is 1. The maximum absolute atomic E-state index is 9.86. The number of nitrogens with two attached hydrogens (primary N) is 1. The highest BCUT2D eigenvalue weighted by Crippen LogP contribution is 2.32. The largest absolute Gasteiger partial charge is 0.507 e. The lowest BCUT2D eigenvalue weighted by atomic mass is 9.91. The van der Waals surface area contributed by atoms with Gasteiger partial charge in [0.15, 0.2) is 0 Å². The van der Waals surface area contributed by atoms with Crippen molar-refractivity contribution >= 4 is 0 Å². The number of phenolic OH excluding ortho intramolecular Hbond substituents is 1. The minimum absolute atomic E-state index is 0.111. The van der Waals surface area contributed by atoms with Crippen molar-refractivity contribution in [2.24, 2.45) is 5.73 Å². The van der Waals surface area contributed by atoms with Crippen molar-refractivity contribution in [3.63, 3.8) is 0 Å². The molecule has 0 amide bonds. The van der Waals surface area contributed by atoms with E-state index in [9.17, 15) is 5.11 Å². The third-order valence-corrected chi connectivity index (χ3v) is 3.52. The van der Waals surface area contributed by atoms with Gasteiger partial charge in [0.1, 0.15) is 5.75 Å². The first-order valence-corrected chi connectivity index (χ1v) is 6.29. The van der Waals surface area contributed by atoms with Crippen molar-refractivity contribution in [1.82, 2.24) is 4.98 Å². The van der Waals surface area contributed by atoms with Gasteiger partial charge in [0.2, 0.25) is 0 Å². The summed E-state index contributed by atoms with van der Waals surface area (Å²) in [5, 5.41) is 9.86. The SMILES string of the molecule is NC1CCCc2nc(-c3ccccc3O)ccc21. The molecule has 0 saturated carbocycles. The Bertz CT molecular complexity index is 580. The summed E-state index contributed by atoms with van der Waals surface area (Å²) in [7, 11) is 0. The zero-order chi connectivity index (χ0) is 12.5. The number of fused-ring (bicyclic) bond motifs is 1. The topological polar surface area (TPSA) is 59.1 Å². The number of para-hydroxylation sites is 1. The Kier molecular flexibility index (Phi) is 2.76. The van der Waals surface area contributed by atoms with E-state index in [0.717, 1.165) is 41.8 Å². The molecule has 92 valence electrons. The van der Waals surface area contributed by atoms with Crippen molar-refractivity contribution in [3.8, 4) is 17.0 Å². The Balaban J connectivity index is 2.08. The van der Waals surface area contributed by atoms with Gasteiger partial charge in [0.25, 0.3) is 0 Å². The fraction of sp³-hybridized carbons (Fsp3) is 0.267. The van der Waals surface area contributed by atoms with Crippen LogP contribution in [-0.2, 0) is 6.42 Å². The van der Waals surface area contributed by atoms with Crippen LogP contribution in [0.2, 0.25) is 0 Å². The van der Waals surface area contributed by atoms with E-state index < -0.39 is 0 Å². The first-order valence-electron chi connectivity index (χ1n) is 6.29. The number of rotatable bonds is 1. The molecule has 3 N–H and O–H groups in total. The average Bonchev–Trinajstić information content (AvgIpc) is 2.39. The molecule has 1 aliphatic carbocycles. The van der Waals surface area contributed by atoms with E-state index in [0.29, 0.717) is 0 Å². The first-order chi connectivity index (χ1) is 8.75. The van der Waals surface area contributed by atoms with Gasteiger partial charge in [-0.15, -0.1) is 0 Å². The van der Waals surface area contributed by atoms with Crippen molar-refractivity contribution in [1.29, 1.82) is 0 Å². The van der Waals surface area contributed by atoms with Crippen molar-refractivity contribution in [3.05, 3.63) is 47.7 Å². The fourth-order valence-electron chi connectivity index (χ4n) is 2.54. The maximum Gasteiger partial charge on any atom is 0.124 e. The minimum Gasteiger partial charge on any atom is -0.507 e. The van der Waals surface area contributed by atoms with Crippen molar-refractivity contribution in [2.45, 2.75) is 25.3 Å². The van der Waals surface area contributed by atoms with E-state index in [1.807, 2.05) is 30.3 Å². The third-order valence-electron chi connectivity index (χ3n) is 3.52. The molecule has 1 heterocycles. The summed E-state index contributed by atoms with van der Waals surface area (Å²) in [6.45, 7) is 0. The van der Waals surface area contributed by atoms with Gasteiger partial charge in [0.05, 0.1) is 5.69 Å². The van der Waals surface area contributed by atoms with E-state index >= 15 is 0 Å². The van der Waals surface area contributed by atoms with Crippen molar-refractivity contribution < 1.29 is 5.11 Å². The van der Waals surface area contributed by atoms with Gasteiger partial charge in [-0.05, 0) is 43.0 Å². The molecule has 0 bridgehead atoms. The van der Waals surface area contributed by atoms with E-state index in [1.165, 1.54) is 0 Å². The number of pyridine rings is 1. The molecule has 1 atom stereocenters. The number of hydrogen-bond acceptors (Lipinski definition) is 3. The highest BCUT2D eigenvalue weighted by atomic mass is 16.3. The van der Waals surface area contributed by atoms with Crippen LogP contribution in [0.5, 0.6) is 5.75 Å². The van der Waals surface area contributed by atoms with Crippen molar-refractivity contribution in [2.75, 3.05) is 0 Å². The quantitative estimate of drug-likeness (QED) is 0.805. The van der Waals surface area contributed by atoms with Gasteiger partial charge in [-0.3, -0.25) is 4.98 Å². The molecule has 0 aliphatic heterocycles. The molecule has 18 heavy (non-hydrogen) atoms. The Hall–Kier alpha value is -1.87. The lowest BCUT2D eigenvalue weighted by Crippen LogP contribution is -2.18. The molecule has 3 heteroatoms. The highest BCUT2D eigenvalue weighted by Gasteiger charge is 2.18. The molecule has 1 aromatic carbocycles. The van der Waals surface area contributed by atoms with Crippen LogP contribution >= 0.6 is 0 Å². The van der Waals surface area contributed by atoms with Crippen LogP contribution in [0.4, 0.5) is 0 Å². The molecule has 1 unspecified atom stereocenters. The summed E-state index contributed by atoms with van der Waals surface area (Å²) in [6, 6.07) is 11.4. The smallest absolute Gasteiger partial charge is 0.124 e. The molecule has 0 fully saturated rings. The van der Waals surface area contributed by atoms with Crippen LogP contribution in [-0.4, -0.2) is 10.1 Å². The van der Waals surface area contributed by atoms with Gasteiger partial charge in [-0.1, -0.05) is 18.2 Å². The molecule has 3 rings (SSSR count). The number of phenols is 1. The summed E-state index contributed by atoms with van der Waals surface area (Å²) in [5.41, 5.74) is 9.90. The second-order valence-corrected chi connectivity index (χ2v) is 4.75. The third kappa shape index (κ3) is 1.87. The van der Waals surface area contributed by atoms with E-state index in [4.69, 9.17) is 5.73 Å². The van der Waals surface area contributed by atoms with E-state index in [-0.39, 0.29) is 11.8 Å². The zero-order valence-corrected chi connectivity index (χ0v) is 10.1. The van der Waals surface area contributed by atoms with Crippen LogP contribution in [0.15, 0.2) is 36.4 Å². The molecular formula is C15H16N2O. The number of aryl methyl sites for hydroxylation is 1. The maximum atomic E-state index is 9.86. The summed E-state index contributed by atoms with van der Waals surface area (Å²) in [6.07, 6.45) is 3.10. The molecule has 1 aromatic heterocycles. The minimum atomic E-state index is 0.111. The van der Waals surface area contributed by atoms with Gasteiger partial charge < -0.3 is 10.8 Å². The molecule has 1 aliphatic rings. The summed E-state index contributed by atoms with van der Waals surface area (Å²) < 4.78 is 0. The van der Waals surface area contributed by atoms with Crippen LogP contribution < -0.4 is 5.73 Å². The molecule has 0 radical (unpaired) electrons. The zero-order valence-electron chi connectivity index (χ0n) is 10.1. The van der Waals surface area contributed by atoms with Gasteiger partial charge >= 0.3 is 0 Å². The van der Waals surface area contributed by atoms with Gasteiger partial charge in [0, 0.05) is 17.3 Å². The number of hydrogen-bond donors (Lipinski definition) is 2. The normalized spacial score (nSPS) is 18.4. The Morgan fingerprint density at radius 1 is 1.17 bits per heavy atom. The molecule has 0 spiro atoms. The molecule has 3 nitrogen and oxygen atoms in total.